The zero-order chi connectivity index (χ0) is 22.4. The standard InChI is InChI=1S/C24H28N2O5/c1-4-5-13-31-19-7-6-18(15-16(19)2)22(27)20-21(17-8-10-25-11-9-17)26(12-14-30-3)24(29)23(20)28/h6-11,15,21,27H,4-5,12-14H2,1-3H3/b22-20+. The largest absolute Gasteiger partial charge is 0.507 e. The Labute approximate surface area is 182 Å². The number of Topliss-reactive ketones (excluding diaryl/α,β-unsaturated/α-hetero) is 1. The number of hydrogen-bond donors (Lipinski definition) is 1. The van der Waals surface area contributed by atoms with Crippen molar-refractivity contribution in [2.75, 3.05) is 26.9 Å². The lowest BCUT2D eigenvalue weighted by molar-refractivity contribution is -0.140. The maximum atomic E-state index is 12.9. The second-order valence-corrected chi connectivity index (χ2v) is 7.45. The van der Waals surface area contributed by atoms with Crippen LogP contribution in [0.4, 0.5) is 0 Å². The van der Waals surface area contributed by atoms with Crippen LogP contribution >= 0.6 is 0 Å². The predicted molar refractivity (Wildman–Crippen MR) is 117 cm³/mol. The molecule has 1 N–H and O–H groups in total. The van der Waals surface area contributed by atoms with Crippen LogP contribution in [-0.2, 0) is 14.3 Å². The van der Waals surface area contributed by atoms with Gasteiger partial charge in [0, 0.05) is 31.6 Å². The number of amides is 1. The van der Waals surface area contributed by atoms with Crippen molar-refractivity contribution in [2.24, 2.45) is 0 Å². The summed E-state index contributed by atoms with van der Waals surface area (Å²) in [6.45, 7) is 5.11. The second kappa shape index (κ2) is 10.2. The maximum Gasteiger partial charge on any atom is 0.295 e. The minimum atomic E-state index is -0.712. The molecule has 1 aliphatic heterocycles. The first-order valence-corrected chi connectivity index (χ1v) is 10.4. The number of ketones is 1. The Morgan fingerprint density at radius 3 is 2.55 bits per heavy atom. The van der Waals surface area contributed by atoms with E-state index in [1.165, 1.54) is 12.0 Å². The zero-order valence-electron chi connectivity index (χ0n) is 18.1. The quantitative estimate of drug-likeness (QED) is 0.286. The van der Waals surface area contributed by atoms with Gasteiger partial charge in [-0.15, -0.1) is 0 Å². The summed E-state index contributed by atoms with van der Waals surface area (Å²) in [4.78, 5) is 31.1. The minimum Gasteiger partial charge on any atom is -0.507 e. The smallest absolute Gasteiger partial charge is 0.295 e. The van der Waals surface area contributed by atoms with Gasteiger partial charge in [-0.2, -0.15) is 0 Å². The number of hydrogen-bond acceptors (Lipinski definition) is 6. The Morgan fingerprint density at radius 1 is 1.16 bits per heavy atom. The average Bonchev–Trinajstić information content (AvgIpc) is 3.03. The summed E-state index contributed by atoms with van der Waals surface area (Å²) in [6, 6.07) is 8.01. The number of carbonyl (C=O) groups is 2. The number of aryl methyl sites for hydroxylation is 1. The fourth-order valence-electron chi connectivity index (χ4n) is 3.63. The summed E-state index contributed by atoms with van der Waals surface area (Å²) in [5.74, 6) is -0.840. The lowest BCUT2D eigenvalue weighted by Gasteiger charge is -2.24. The van der Waals surface area contributed by atoms with Crippen molar-refractivity contribution in [1.29, 1.82) is 0 Å². The van der Waals surface area contributed by atoms with Gasteiger partial charge in [-0.25, -0.2) is 0 Å². The Balaban J connectivity index is 2.03. The first-order valence-electron chi connectivity index (χ1n) is 10.4. The number of aromatic nitrogens is 1. The molecule has 1 aromatic heterocycles. The van der Waals surface area contributed by atoms with Gasteiger partial charge in [-0.05, 0) is 54.8 Å². The van der Waals surface area contributed by atoms with E-state index in [1.807, 2.05) is 6.92 Å². The molecule has 0 aliphatic carbocycles. The van der Waals surface area contributed by atoms with Gasteiger partial charge in [-0.3, -0.25) is 14.6 Å². The number of nitrogens with zero attached hydrogens (tertiary/aromatic N) is 2. The first kappa shape index (κ1) is 22.5. The van der Waals surface area contributed by atoms with E-state index >= 15 is 0 Å². The van der Waals surface area contributed by atoms with Crippen LogP contribution in [0, 0.1) is 6.92 Å². The number of pyridine rings is 1. The summed E-state index contributed by atoms with van der Waals surface area (Å²) in [7, 11) is 1.53. The molecule has 0 bridgehead atoms. The molecule has 1 saturated heterocycles. The number of methoxy groups -OCH3 is 1. The van der Waals surface area contributed by atoms with Crippen LogP contribution in [0.3, 0.4) is 0 Å². The van der Waals surface area contributed by atoms with E-state index < -0.39 is 17.7 Å². The maximum absolute atomic E-state index is 12.9. The highest BCUT2D eigenvalue weighted by atomic mass is 16.5. The lowest BCUT2D eigenvalue weighted by atomic mass is 9.95. The molecular weight excluding hydrogens is 396 g/mol. The highest BCUT2D eigenvalue weighted by Crippen LogP contribution is 2.39. The summed E-state index contributed by atoms with van der Waals surface area (Å²) in [5.41, 5.74) is 2.06. The SMILES string of the molecule is CCCCOc1ccc(/C(O)=C2\C(=O)C(=O)N(CCOC)C2c2ccncc2)cc1C. The zero-order valence-corrected chi connectivity index (χ0v) is 18.1. The molecule has 2 aromatic rings. The Morgan fingerprint density at radius 2 is 1.90 bits per heavy atom. The summed E-state index contributed by atoms with van der Waals surface area (Å²) < 4.78 is 10.9. The van der Waals surface area contributed by atoms with Crippen LogP contribution < -0.4 is 4.74 Å². The van der Waals surface area contributed by atoms with Gasteiger partial charge >= 0.3 is 0 Å². The second-order valence-electron chi connectivity index (χ2n) is 7.45. The number of carbonyl (C=O) groups excluding carboxylic acids is 2. The molecule has 1 aromatic carbocycles. The van der Waals surface area contributed by atoms with Crippen molar-refractivity contribution in [2.45, 2.75) is 32.7 Å². The molecular formula is C24H28N2O5. The van der Waals surface area contributed by atoms with E-state index in [0.717, 1.165) is 24.2 Å². The molecule has 2 heterocycles. The van der Waals surface area contributed by atoms with Crippen molar-refractivity contribution in [3.63, 3.8) is 0 Å². The Kier molecular flexibility index (Phi) is 7.41. The van der Waals surface area contributed by atoms with Crippen molar-refractivity contribution in [1.82, 2.24) is 9.88 Å². The number of ether oxygens (including phenoxy) is 2. The molecule has 1 aliphatic rings. The average molecular weight is 424 g/mol. The molecule has 7 nitrogen and oxygen atoms in total. The molecule has 1 atom stereocenters. The normalized spacial score (nSPS) is 17.9. The molecule has 3 rings (SSSR count). The third-order valence-electron chi connectivity index (χ3n) is 5.30. The van der Waals surface area contributed by atoms with Gasteiger partial charge in [0.1, 0.15) is 11.5 Å². The highest BCUT2D eigenvalue weighted by Gasteiger charge is 2.45. The van der Waals surface area contributed by atoms with E-state index in [0.29, 0.717) is 17.7 Å². The molecule has 31 heavy (non-hydrogen) atoms. The Bertz CT molecular complexity index is 971. The van der Waals surface area contributed by atoms with Crippen LogP contribution in [0.15, 0.2) is 48.3 Å². The molecule has 0 spiro atoms. The van der Waals surface area contributed by atoms with Crippen molar-refractivity contribution in [3.8, 4) is 5.75 Å². The highest BCUT2D eigenvalue weighted by molar-refractivity contribution is 6.46. The fraction of sp³-hybridized carbons (Fsp3) is 0.375. The number of aliphatic hydroxyl groups excluding tert-OH is 1. The number of aliphatic hydroxyl groups is 1. The topological polar surface area (TPSA) is 89.0 Å². The van der Waals surface area contributed by atoms with Gasteiger partial charge in [0.15, 0.2) is 0 Å². The predicted octanol–water partition coefficient (Wildman–Crippen LogP) is 3.64. The van der Waals surface area contributed by atoms with Gasteiger partial charge in [0.2, 0.25) is 0 Å². The van der Waals surface area contributed by atoms with Crippen molar-refractivity contribution >= 4 is 17.4 Å². The molecule has 0 radical (unpaired) electrons. The third kappa shape index (κ3) is 4.77. The van der Waals surface area contributed by atoms with E-state index in [9.17, 15) is 14.7 Å². The number of benzene rings is 1. The summed E-state index contributed by atoms with van der Waals surface area (Å²) in [5, 5.41) is 11.1. The summed E-state index contributed by atoms with van der Waals surface area (Å²) >= 11 is 0. The van der Waals surface area contributed by atoms with E-state index in [2.05, 4.69) is 11.9 Å². The number of rotatable bonds is 9. The lowest BCUT2D eigenvalue weighted by Crippen LogP contribution is -2.32. The van der Waals surface area contributed by atoms with Crippen LogP contribution in [0.25, 0.3) is 5.76 Å². The number of likely N-dealkylation sites (tertiary alicyclic amines) is 1. The van der Waals surface area contributed by atoms with E-state index in [4.69, 9.17) is 9.47 Å². The monoisotopic (exact) mass is 424 g/mol. The van der Waals surface area contributed by atoms with Crippen LogP contribution in [-0.4, -0.2) is 53.5 Å². The minimum absolute atomic E-state index is 0.0614. The van der Waals surface area contributed by atoms with E-state index in [1.54, 1.807) is 42.7 Å². The molecule has 1 fully saturated rings. The van der Waals surface area contributed by atoms with Gasteiger partial charge in [-0.1, -0.05) is 13.3 Å². The van der Waals surface area contributed by atoms with Gasteiger partial charge < -0.3 is 19.5 Å². The van der Waals surface area contributed by atoms with Crippen LogP contribution in [0.2, 0.25) is 0 Å². The van der Waals surface area contributed by atoms with E-state index in [-0.39, 0.29) is 24.5 Å². The van der Waals surface area contributed by atoms with Gasteiger partial charge in [0.25, 0.3) is 11.7 Å². The molecule has 1 amide bonds. The molecule has 0 saturated carbocycles. The fourth-order valence-corrected chi connectivity index (χ4v) is 3.63. The first-order chi connectivity index (χ1) is 15.0. The molecule has 7 heteroatoms. The van der Waals surface area contributed by atoms with Crippen LogP contribution in [0.5, 0.6) is 5.75 Å². The van der Waals surface area contributed by atoms with Crippen LogP contribution in [0.1, 0.15) is 42.5 Å². The van der Waals surface area contributed by atoms with Gasteiger partial charge in [0.05, 0.1) is 24.8 Å². The summed E-state index contributed by atoms with van der Waals surface area (Å²) in [6.07, 6.45) is 5.19. The molecule has 164 valence electrons. The van der Waals surface area contributed by atoms with Crippen molar-refractivity contribution < 1.29 is 24.2 Å². The Hall–Kier alpha value is -3.19. The van der Waals surface area contributed by atoms with Crippen molar-refractivity contribution in [3.05, 3.63) is 65.0 Å². The third-order valence-corrected chi connectivity index (χ3v) is 5.30. The molecule has 1 unspecified atom stereocenters. The number of unbranched alkanes of at least 4 members (excludes halogenated alkanes) is 1.